The Balaban J connectivity index is 1.46. The lowest BCUT2D eigenvalue weighted by Crippen LogP contribution is -2.42. The van der Waals surface area contributed by atoms with Crippen LogP contribution in [0, 0.1) is 5.82 Å². The van der Waals surface area contributed by atoms with E-state index < -0.39 is 18.1 Å². The largest absolute Gasteiger partial charge is 0.480 e. The van der Waals surface area contributed by atoms with E-state index in [4.69, 9.17) is 4.74 Å². The van der Waals surface area contributed by atoms with Crippen molar-refractivity contribution in [1.29, 1.82) is 0 Å². The molecule has 0 saturated heterocycles. The lowest BCUT2D eigenvalue weighted by atomic mass is 10.1. The summed E-state index contributed by atoms with van der Waals surface area (Å²) in [7, 11) is 0. The predicted octanol–water partition coefficient (Wildman–Crippen LogP) is 3.93. The number of nitrogens with one attached hydrogen (secondary N) is 2. The van der Waals surface area contributed by atoms with Crippen molar-refractivity contribution < 1.29 is 28.6 Å². The van der Waals surface area contributed by atoms with Crippen molar-refractivity contribution in [2.75, 3.05) is 5.32 Å². The van der Waals surface area contributed by atoms with Crippen LogP contribution < -0.4 is 10.6 Å². The van der Waals surface area contributed by atoms with Crippen molar-refractivity contribution in [2.45, 2.75) is 25.5 Å². The number of aliphatic carboxylic acids is 1. The second kappa shape index (κ2) is 11.4. The molecule has 8 heteroatoms. The Kier molecular flexibility index (Phi) is 8.13. The summed E-state index contributed by atoms with van der Waals surface area (Å²) in [6.45, 7) is -0.0622. The van der Waals surface area contributed by atoms with Gasteiger partial charge in [0.25, 0.3) is 0 Å². The minimum Gasteiger partial charge on any atom is -0.480 e. The first kappa shape index (κ1) is 23.5. The van der Waals surface area contributed by atoms with E-state index in [1.54, 1.807) is 60.7 Å². The highest BCUT2D eigenvalue weighted by molar-refractivity contribution is 5.92. The molecule has 0 spiro atoms. The van der Waals surface area contributed by atoms with Crippen LogP contribution in [0.15, 0.2) is 78.9 Å². The summed E-state index contributed by atoms with van der Waals surface area (Å²) in [4.78, 5) is 35.6. The number of carboxylic acid groups (broad SMARTS) is 1. The Labute approximate surface area is 190 Å². The van der Waals surface area contributed by atoms with Gasteiger partial charge in [0, 0.05) is 12.1 Å². The van der Waals surface area contributed by atoms with Gasteiger partial charge < -0.3 is 20.5 Å². The molecule has 7 nitrogen and oxygen atoms in total. The molecule has 0 bridgehead atoms. The Morgan fingerprint density at radius 1 is 0.848 bits per heavy atom. The monoisotopic (exact) mass is 450 g/mol. The van der Waals surface area contributed by atoms with Gasteiger partial charge in [-0.05, 0) is 41.0 Å². The third-order valence-electron chi connectivity index (χ3n) is 4.76. The second-order valence-electron chi connectivity index (χ2n) is 7.35. The molecule has 3 rings (SSSR count). The molecule has 3 aromatic rings. The van der Waals surface area contributed by atoms with Gasteiger partial charge in [0.2, 0.25) is 5.91 Å². The van der Waals surface area contributed by atoms with Crippen LogP contribution >= 0.6 is 0 Å². The maximum atomic E-state index is 12.9. The number of carboxylic acids is 1. The predicted molar refractivity (Wildman–Crippen MR) is 120 cm³/mol. The molecule has 1 atom stereocenters. The van der Waals surface area contributed by atoms with Crippen molar-refractivity contribution in [3.63, 3.8) is 0 Å². The topological polar surface area (TPSA) is 105 Å². The molecule has 0 aliphatic carbocycles. The number of hydrogen-bond donors (Lipinski definition) is 3. The molecule has 2 amide bonds. The minimum atomic E-state index is -1.16. The average Bonchev–Trinajstić information content (AvgIpc) is 2.80. The number of carbonyl (C=O) groups excluding carboxylic acids is 2. The van der Waals surface area contributed by atoms with Crippen molar-refractivity contribution in [3.8, 4) is 0 Å². The molecule has 170 valence electrons. The van der Waals surface area contributed by atoms with E-state index >= 15 is 0 Å². The van der Waals surface area contributed by atoms with Crippen LogP contribution in [0.5, 0.6) is 0 Å². The van der Waals surface area contributed by atoms with Crippen molar-refractivity contribution in [3.05, 3.63) is 101 Å². The summed E-state index contributed by atoms with van der Waals surface area (Å²) in [5.74, 6) is -1.76. The van der Waals surface area contributed by atoms with Crippen molar-refractivity contribution in [1.82, 2.24) is 5.32 Å². The van der Waals surface area contributed by atoms with Crippen LogP contribution in [0.1, 0.15) is 16.7 Å². The number of ether oxygens (including phenoxy) is 1. The fraction of sp³-hybridized carbons (Fsp3) is 0.160. The summed E-state index contributed by atoms with van der Waals surface area (Å²) < 4.78 is 18.1. The van der Waals surface area contributed by atoms with Crippen molar-refractivity contribution in [2.24, 2.45) is 0 Å². The average molecular weight is 450 g/mol. The zero-order valence-electron chi connectivity index (χ0n) is 17.7. The Hall–Kier alpha value is -4.20. The van der Waals surface area contributed by atoms with E-state index in [-0.39, 0.29) is 31.2 Å². The van der Waals surface area contributed by atoms with Gasteiger partial charge in [-0.15, -0.1) is 0 Å². The first-order valence-electron chi connectivity index (χ1n) is 10.2. The zero-order valence-corrected chi connectivity index (χ0v) is 17.7. The van der Waals surface area contributed by atoms with Crippen molar-refractivity contribution >= 4 is 23.7 Å². The minimum absolute atomic E-state index is 0.0622. The van der Waals surface area contributed by atoms with Gasteiger partial charge in [-0.1, -0.05) is 54.6 Å². The molecule has 0 aliphatic heterocycles. The summed E-state index contributed by atoms with van der Waals surface area (Å²) >= 11 is 0. The van der Waals surface area contributed by atoms with Crippen LogP contribution in [0.3, 0.4) is 0 Å². The lowest BCUT2D eigenvalue weighted by Gasteiger charge is -2.15. The molecule has 0 heterocycles. The number of benzene rings is 3. The van der Waals surface area contributed by atoms with E-state index in [1.807, 2.05) is 6.07 Å². The second-order valence-corrected chi connectivity index (χ2v) is 7.35. The summed E-state index contributed by atoms with van der Waals surface area (Å²) in [5.41, 5.74) is 2.69. The summed E-state index contributed by atoms with van der Waals surface area (Å²) in [5, 5.41) is 14.5. The molecular weight excluding hydrogens is 427 g/mol. The summed E-state index contributed by atoms with van der Waals surface area (Å²) in [6, 6.07) is 20.2. The zero-order chi connectivity index (χ0) is 23.6. The van der Waals surface area contributed by atoms with E-state index in [0.29, 0.717) is 16.8 Å². The molecule has 33 heavy (non-hydrogen) atoms. The highest BCUT2D eigenvalue weighted by Gasteiger charge is 2.21. The fourth-order valence-corrected chi connectivity index (χ4v) is 3.06. The molecule has 3 aromatic carbocycles. The molecule has 0 aromatic heterocycles. The van der Waals surface area contributed by atoms with Gasteiger partial charge in [-0.25, -0.2) is 14.0 Å². The molecular formula is C25H23FN2O5. The highest BCUT2D eigenvalue weighted by atomic mass is 19.1. The van der Waals surface area contributed by atoms with Gasteiger partial charge >= 0.3 is 12.1 Å². The lowest BCUT2D eigenvalue weighted by molar-refractivity contribution is -0.139. The third-order valence-corrected chi connectivity index (χ3v) is 4.76. The SMILES string of the molecule is O=C(Cc1ccc(F)cc1)Nc1ccc(COC(=O)N[C@@H](Cc2ccccc2)C(=O)O)cc1. The molecule has 3 N–H and O–H groups in total. The molecule has 0 aliphatic rings. The maximum absolute atomic E-state index is 12.9. The Morgan fingerprint density at radius 2 is 1.48 bits per heavy atom. The number of carbonyl (C=O) groups is 3. The standard InChI is InChI=1S/C25H23FN2O5/c26-20-10-6-18(7-11-20)15-23(29)27-21-12-8-19(9-13-21)16-33-25(32)28-22(24(30)31)14-17-4-2-1-3-5-17/h1-13,22H,14-16H2,(H,27,29)(H,28,32)(H,30,31)/t22-/m0/s1. The third kappa shape index (κ3) is 7.77. The highest BCUT2D eigenvalue weighted by Crippen LogP contribution is 2.12. The van der Waals surface area contributed by atoms with E-state index in [9.17, 15) is 23.9 Å². The van der Waals surface area contributed by atoms with Crippen LogP contribution in [-0.4, -0.2) is 29.1 Å². The van der Waals surface area contributed by atoms with Gasteiger partial charge in [0.15, 0.2) is 0 Å². The van der Waals surface area contributed by atoms with E-state index in [0.717, 1.165) is 5.56 Å². The van der Waals surface area contributed by atoms with Gasteiger partial charge in [0.1, 0.15) is 18.5 Å². The summed E-state index contributed by atoms with van der Waals surface area (Å²) in [6.07, 6.45) is -0.591. The first-order valence-corrected chi connectivity index (χ1v) is 10.2. The number of amides is 2. The Morgan fingerprint density at radius 3 is 2.12 bits per heavy atom. The Bertz CT molecular complexity index is 1090. The molecule has 0 unspecified atom stereocenters. The number of hydrogen-bond acceptors (Lipinski definition) is 4. The van der Waals surface area contributed by atoms with Crippen LogP contribution in [0.2, 0.25) is 0 Å². The number of anilines is 1. The molecule has 0 fully saturated rings. The normalized spacial score (nSPS) is 11.3. The van der Waals surface area contributed by atoms with Crippen LogP contribution in [0.4, 0.5) is 14.9 Å². The first-order chi connectivity index (χ1) is 15.9. The number of rotatable bonds is 9. The maximum Gasteiger partial charge on any atom is 0.408 e. The molecule has 0 radical (unpaired) electrons. The van der Waals surface area contributed by atoms with Gasteiger partial charge in [-0.3, -0.25) is 4.79 Å². The fourth-order valence-electron chi connectivity index (χ4n) is 3.06. The number of alkyl carbamates (subject to hydrolysis) is 1. The molecule has 0 saturated carbocycles. The van der Waals surface area contributed by atoms with Gasteiger partial charge in [-0.2, -0.15) is 0 Å². The van der Waals surface area contributed by atoms with E-state index in [2.05, 4.69) is 10.6 Å². The van der Waals surface area contributed by atoms with Crippen LogP contribution in [0.25, 0.3) is 0 Å². The smallest absolute Gasteiger partial charge is 0.408 e. The van der Waals surface area contributed by atoms with Gasteiger partial charge in [0.05, 0.1) is 6.42 Å². The number of halogens is 1. The quantitative estimate of drug-likeness (QED) is 0.458. The van der Waals surface area contributed by atoms with E-state index in [1.165, 1.54) is 12.1 Å². The van der Waals surface area contributed by atoms with Crippen LogP contribution in [-0.2, 0) is 33.8 Å².